The van der Waals surface area contributed by atoms with Crippen LogP contribution in [0.1, 0.15) is 28.9 Å². The number of rotatable bonds is 13. The summed E-state index contributed by atoms with van der Waals surface area (Å²) in [4.78, 5) is 75.8. The van der Waals surface area contributed by atoms with Crippen molar-refractivity contribution < 1.29 is 33.8 Å². The van der Waals surface area contributed by atoms with Crippen molar-refractivity contribution in [1.29, 1.82) is 0 Å². The molecule has 4 N–H and O–H groups in total. The van der Waals surface area contributed by atoms with Crippen LogP contribution in [0.4, 0.5) is 21.9 Å². The van der Waals surface area contributed by atoms with E-state index in [4.69, 9.17) is 16.3 Å². The van der Waals surface area contributed by atoms with Crippen molar-refractivity contribution in [2.45, 2.75) is 31.4 Å². The van der Waals surface area contributed by atoms with Crippen LogP contribution in [0, 0.1) is 0 Å². The highest BCUT2D eigenvalue weighted by Crippen LogP contribution is 2.30. The Morgan fingerprint density at radius 3 is 2.40 bits per heavy atom. The number of aromatic carboxylic acids is 1. The lowest BCUT2D eigenvalue weighted by molar-refractivity contribution is -0.149. The Morgan fingerprint density at radius 2 is 1.69 bits per heavy atom. The van der Waals surface area contributed by atoms with Gasteiger partial charge in [0, 0.05) is 66.4 Å². The number of nitrogens with zero attached hydrogens (tertiary/aromatic N) is 8. The first kappa shape index (κ1) is 39.8. The number of anilines is 3. The number of urea groups is 1. The van der Waals surface area contributed by atoms with Crippen LogP contribution >= 0.6 is 11.6 Å². The predicted octanol–water partition coefficient (Wildman–Crippen LogP) is 3.49. The van der Waals surface area contributed by atoms with Gasteiger partial charge < -0.3 is 45.1 Å². The highest BCUT2D eigenvalue weighted by molar-refractivity contribution is 6.41. The maximum atomic E-state index is 14.2. The Kier molecular flexibility index (Phi) is 12.0. The SMILES string of the molecule is CN(C)CCOC1CCN(C(=O)Nc2ccc(CC(C(=O)Nc3ccc4[nH]c(C(=O)O)cc4c3)N3CCN(c4cc(Cl)ccc4-n4cnnn4)C(=O)C3=O)cc2)CC1. The van der Waals surface area contributed by atoms with Gasteiger partial charge in [-0.25, -0.2) is 9.59 Å². The number of benzene rings is 3. The average Bonchev–Trinajstić information content (AvgIpc) is 3.90. The maximum Gasteiger partial charge on any atom is 0.352 e. The molecule has 1 unspecified atom stereocenters. The molecule has 0 aliphatic carbocycles. The number of aromatic amines is 1. The fourth-order valence-corrected chi connectivity index (χ4v) is 7.19. The molecule has 1 atom stereocenters. The summed E-state index contributed by atoms with van der Waals surface area (Å²) in [7, 11) is 3.99. The number of H-pyrrole nitrogens is 1. The smallest absolute Gasteiger partial charge is 0.352 e. The van der Waals surface area contributed by atoms with Crippen LogP contribution in [-0.2, 0) is 25.5 Å². The Hall–Kier alpha value is -6.37. The lowest BCUT2D eigenvalue weighted by atomic mass is 10.0. The molecule has 18 nitrogen and oxygen atoms in total. The minimum Gasteiger partial charge on any atom is -0.477 e. The van der Waals surface area contributed by atoms with E-state index in [2.05, 4.69) is 36.0 Å². The van der Waals surface area contributed by atoms with Gasteiger partial charge in [0.05, 0.1) is 24.1 Å². The number of hydrogen-bond donors (Lipinski definition) is 4. The number of likely N-dealkylation sites (tertiary alicyclic amines) is 1. The van der Waals surface area contributed by atoms with E-state index in [1.54, 1.807) is 65.6 Å². The summed E-state index contributed by atoms with van der Waals surface area (Å²) in [6, 6.07) is 16.7. The third-order valence-electron chi connectivity index (χ3n) is 10.1. The number of ether oxygens (including phenoxy) is 1. The molecule has 2 fully saturated rings. The number of aromatic nitrogens is 5. The minimum atomic E-state index is -1.14. The van der Waals surface area contributed by atoms with Gasteiger partial charge in [-0.3, -0.25) is 14.4 Å². The third kappa shape index (κ3) is 9.09. The molecule has 5 aromatic rings. The number of carboxylic acids is 1. The van der Waals surface area contributed by atoms with E-state index >= 15 is 0 Å². The normalized spacial score (nSPS) is 15.6. The second-order valence-electron chi connectivity index (χ2n) is 14.3. The first-order valence-electron chi connectivity index (χ1n) is 18.7. The van der Waals surface area contributed by atoms with Crippen molar-refractivity contribution in [3.8, 4) is 5.69 Å². The van der Waals surface area contributed by atoms with E-state index in [0.29, 0.717) is 63.9 Å². The van der Waals surface area contributed by atoms with E-state index < -0.39 is 29.7 Å². The van der Waals surface area contributed by atoms with Crippen molar-refractivity contribution in [3.05, 3.63) is 89.3 Å². The van der Waals surface area contributed by atoms with Crippen molar-refractivity contribution in [3.63, 3.8) is 0 Å². The summed E-state index contributed by atoms with van der Waals surface area (Å²) >= 11 is 6.32. The van der Waals surface area contributed by atoms with Crippen molar-refractivity contribution in [2.75, 3.05) is 69.0 Å². The molecule has 4 heterocycles. The molecule has 0 radical (unpaired) electrons. The molecule has 0 saturated carbocycles. The molecule has 7 rings (SSSR count). The lowest BCUT2D eigenvalue weighted by Crippen LogP contribution is -2.60. The van der Waals surface area contributed by atoms with Crippen molar-refractivity contribution in [2.24, 2.45) is 0 Å². The van der Waals surface area contributed by atoms with E-state index in [1.807, 2.05) is 14.1 Å². The highest BCUT2D eigenvalue weighted by Gasteiger charge is 2.41. The molecule has 2 aromatic heterocycles. The molecule has 3 aromatic carbocycles. The van der Waals surface area contributed by atoms with Gasteiger partial charge in [-0.2, -0.15) is 4.68 Å². The Morgan fingerprint density at radius 1 is 0.931 bits per heavy atom. The summed E-state index contributed by atoms with van der Waals surface area (Å²) in [6.07, 6.45) is 3.00. The molecule has 2 saturated heterocycles. The van der Waals surface area contributed by atoms with Gasteiger partial charge in [0.1, 0.15) is 18.1 Å². The quantitative estimate of drug-likeness (QED) is 0.127. The molecule has 0 spiro atoms. The average molecular weight is 812 g/mol. The second-order valence-corrected chi connectivity index (χ2v) is 14.8. The molecular formula is C39H42ClN11O7. The number of nitrogens with one attached hydrogen (secondary N) is 3. The van der Waals surface area contributed by atoms with Crippen LogP contribution in [0.3, 0.4) is 0 Å². The summed E-state index contributed by atoms with van der Waals surface area (Å²) in [5.41, 5.74) is 2.88. The molecule has 58 heavy (non-hydrogen) atoms. The zero-order valence-corrected chi connectivity index (χ0v) is 32.6. The molecule has 2 aliphatic rings. The van der Waals surface area contributed by atoms with Gasteiger partial charge in [-0.1, -0.05) is 23.7 Å². The van der Waals surface area contributed by atoms with Gasteiger partial charge in [0.2, 0.25) is 5.91 Å². The number of hydrogen-bond acceptors (Lipinski definition) is 10. The molecule has 19 heteroatoms. The van der Waals surface area contributed by atoms with Crippen LogP contribution in [-0.4, -0.2) is 140 Å². The summed E-state index contributed by atoms with van der Waals surface area (Å²) in [6.45, 7) is 2.65. The van der Waals surface area contributed by atoms with Crippen LogP contribution in [0.25, 0.3) is 16.6 Å². The van der Waals surface area contributed by atoms with Gasteiger partial charge >= 0.3 is 23.8 Å². The van der Waals surface area contributed by atoms with Crippen LogP contribution < -0.4 is 15.5 Å². The Labute approximate surface area is 337 Å². The topological polar surface area (TPSA) is 211 Å². The number of amides is 5. The zero-order chi connectivity index (χ0) is 40.9. The van der Waals surface area contributed by atoms with Crippen LogP contribution in [0.5, 0.6) is 0 Å². The number of piperidine rings is 1. The molecule has 2 aliphatic heterocycles. The highest BCUT2D eigenvalue weighted by atomic mass is 35.5. The standard InChI is InChI=1S/C39H42ClN11O7/c1-47(2)17-18-58-29-11-13-48(14-12-29)39(57)43-27-6-3-24(4-7-27)19-34(35(52)42-28-8-9-30-25(20-28)21-31(44-30)38(55)56)50-16-15-49(36(53)37(50)54)33-22-26(40)5-10-32(33)51-23-41-45-46-51/h3-10,20-23,29,34,44H,11-19H2,1-2H3,(H,42,52)(H,43,57)(H,55,56). The maximum absolute atomic E-state index is 14.2. The van der Waals surface area contributed by atoms with Gasteiger partial charge in [-0.15, -0.1) is 5.10 Å². The van der Waals surface area contributed by atoms with Crippen LogP contribution in [0.2, 0.25) is 5.02 Å². The summed E-state index contributed by atoms with van der Waals surface area (Å²) in [5.74, 6) is -3.47. The van der Waals surface area contributed by atoms with E-state index in [1.165, 1.54) is 26.9 Å². The largest absolute Gasteiger partial charge is 0.477 e. The number of carbonyl (C=O) groups excluding carboxylic acids is 4. The first-order chi connectivity index (χ1) is 27.9. The lowest BCUT2D eigenvalue weighted by Gasteiger charge is -2.38. The summed E-state index contributed by atoms with van der Waals surface area (Å²) in [5, 5.41) is 27.4. The Bertz CT molecular complexity index is 2310. The van der Waals surface area contributed by atoms with E-state index in [0.717, 1.165) is 19.4 Å². The molecular weight excluding hydrogens is 770 g/mol. The summed E-state index contributed by atoms with van der Waals surface area (Å²) < 4.78 is 7.31. The van der Waals surface area contributed by atoms with E-state index in [-0.39, 0.29) is 37.3 Å². The number of carboxylic acid groups (broad SMARTS) is 1. The van der Waals surface area contributed by atoms with Crippen molar-refractivity contribution >= 4 is 69.3 Å². The van der Waals surface area contributed by atoms with Crippen LogP contribution in [0.15, 0.2) is 73.1 Å². The number of tetrazole rings is 1. The number of likely N-dealkylation sites (N-methyl/N-ethyl adjacent to an activating group) is 1. The predicted molar refractivity (Wildman–Crippen MR) is 214 cm³/mol. The number of piperazine rings is 1. The molecule has 0 bridgehead atoms. The Balaban J connectivity index is 1.07. The van der Waals surface area contributed by atoms with Crippen molar-refractivity contribution in [1.82, 2.24) is 39.9 Å². The van der Waals surface area contributed by atoms with Gasteiger partial charge in [-0.05, 0) is 97.5 Å². The van der Waals surface area contributed by atoms with Gasteiger partial charge in [0.15, 0.2) is 0 Å². The second kappa shape index (κ2) is 17.4. The fraction of sp³-hybridized carbons (Fsp3) is 0.333. The van der Waals surface area contributed by atoms with E-state index in [9.17, 15) is 29.1 Å². The zero-order valence-electron chi connectivity index (χ0n) is 31.8. The number of fused-ring (bicyclic) bond motifs is 1. The molecule has 5 amide bonds. The first-order valence-corrected chi connectivity index (χ1v) is 19.0. The monoisotopic (exact) mass is 811 g/mol. The minimum absolute atomic E-state index is 0.00539. The van der Waals surface area contributed by atoms with Gasteiger partial charge in [0.25, 0.3) is 0 Å². The molecule has 302 valence electrons. The fourth-order valence-electron chi connectivity index (χ4n) is 7.03. The number of carbonyl (C=O) groups is 5. The third-order valence-corrected chi connectivity index (χ3v) is 10.4. The number of halogens is 1.